The number of hydrogen-bond donors (Lipinski definition) is 1. The molecule has 104 valence electrons. The Labute approximate surface area is 104 Å². The van der Waals surface area contributed by atoms with Crippen LogP contribution in [0.3, 0.4) is 0 Å². The Balaban J connectivity index is 2.97. The van der Waals surface area contributed by atoms with Gasteiger partial charge in [-0.1, -0.05) is 31.5 Å². The minimum Gasteiger partial charge on any atom is -0.481 e. The molecule has 0 bridgehead atoms. The second-order valence-corrected chi connectivity index (χ2v) is 5.16. The molecule has 0 aliphatic heterocycles. The largest absolute Gasteiger partial charge is 0.481 e. The highest BCUT2D eigenvalue weighted by Gasteiger charge is 2.64. The second kappa shape index (κ2) is 4.08. The number of alkyl halides is 5. The van der Waals surface area contributed by atoms with Crippen molar-refractivity contribution in [3.8, 4) is 0 Å². The monoisotopic (exact) mass is 292 g/mol. The predicted octanol–water partition coefficient (Wildman–Crippen LogP) is 3.66. The molecule has 0 amide bonds. The van der Waals surface area contributed by atoms with Crippen LogP contribution in [0.1, 0.15) is 13.8 Å². The minimum atomic E-state index is -5.79. The molecule has 2 atom stereocenters. The molecule has 0 heterocycles. The van der Waals surface area contributed by atoms with Crippen molar-refractivity contribution in [3.63, 3.8) is 0 Å². The van der Waals surface area contributed by atoms with E-state index >= 15 is 0 Å². The number of allylic oxidation sites excluding steroid dienone is 2. The number of hydrogen-bond acceptors (Lipinski definition) is 1. The first-order valence-electron chi connectivity index (χ1n) is 4.88. The van der Waals surface area contributed by atoms with Crippen molar-refractivity contribution in [1.29, 1.82) is 0 Å². The van der Waals surface area contributed by atoms with Crippen LogP contribution < -0.4 is 0 Å². The Morgan fingerprint density at radius 2 is 1.72 bits per heavy atom. The van der Waals surface area contributed by atoms with Crippen molar-refractivity contribution in [3.05, 3.63) is 11.1 Å². The summed E-state index contributed by atoms with van der Waals surface area (Å²) in [5.41, 5.74) is -0.881. The molecule has 0 aromatic heterocycles. The van der Waals surface area contributed by atoms with Crippen LogP contribution in [0.4, 0.5) is 22.0 Å². The highest BCUT2D eigenvalue weighted by molar-refractivity contribution is 6.30. The molecule has 1 fully saturated rings. The second-order valence-electron chi connectivity index (χ2n) is 4.75. The third-order valence-electron chi connectivity index (χ3n) is 3.16. The summed E-state index contributed by atoms with van der Waals surface area (Å²) in [5.74, 6) is -8.34. The van der Waals surface area contributed by atoms with E-state index in [1.807, 2.05) is 0 Å². The van der Waals surface area contributed by atoms with Crippen molar-refractivity contribution < 1.29 is 31.9 Å². The first-order valence-corrected chi connectivity index (χ1v) is 5.26. The zero-order chi connectivity index (χ0) is 14.5. The molecule has 1 saturated carbocycles. The van der Waals surface area contributed by atoms with Gasteiger partial charge in [-0.2, -0.15) is 22.0 Å². The molecule has 2 nitrogen and oxygen atoms in total. The molecule has 2 unspecified atom stereocenters. The summed E-state index contributed by atoms with van der Waals surface area (Å²) < 4.78 is 61.7. The van der Waals surface area contributed by atoms with Gasteiger partial charge in [-0.25, -0.2) is 0 Å². The van der Waals surface area contributed by atoms with Crippen LogP contribution in [0.2, 0.25) is 0 Å². The van der Waals surface area contributed by atoms with Crippen LogP contribution in [0.5, 0.6) is 0 Å². The van der Waals surface area contributed by atoms with E-state index in [9.17, 15) is 26.7 Å². The molecule has 1 N–H and O–H groups in total. The standard InChI is InChI=1S/C10H10ClF5O2/c1-8(2)4(6(8)7(17)18)3-5(11)9(12,13)10(14,15)16/h3-4,6H,1-2H3,(H,17,18). The van der Waals surface area contributed by atoms with Gasteiger partial charge >= 0.3 is 18.1 Å². The Morgan fingerprint density at radius 1 is 1.28 bits per heavy atom. The van der Waals surface area contributed by atoms with Gasteiger partial charge in [0, 0.05) is 0 Å². The first kappa shape index (κ1) is 15.2. The number of carboxylic acid groups (broad SMARTS) is 1. The van der Waals surface area contributed by atoms with E-state index in [1.54, 1.807) is 0 Å². The molecule has 8 heteroatoms. The molecular weight excluding hydrogens is 283 g/mol. The third-order valence-corrected chi connectivity index (χ3v) is 3.52. The number of carbonyl (C=O) groups is 1. The van der Waals surface area contributed by atoms with E-state index in [0.29, 0.717) is 6.08 Å². The zero-order valence-corrected chi connectivity index (χ0v) is 10.1. The molecular formula is C10H10ClF5O2. The smallest absolute Gasteiger partial charge is 0.459 e. The minimum absolute atomic E-state index is 0.494. The lowest BCUT2D eigenvalue weighted by molar-refractivity contribution is -0.261. The maximum absolute atomic E-state index is 12.8. The predicted molar refractivity (Wildman–Crippen MR) is 53.3 cm³/mol. The molecule has 18 heavy (non-hydrogen) atoms. The zero-order valence-electron chi connectivity index (χ0n) is 9.36. The Hall–Kier alpha value is -0.850. The maximum Gasteiger partial charge on any atom is 0.459 e. The van der Waals surface area contributed by atoms with Crippen LogP contribution in [-0.2, 0) is 4.79 Å². The lowest BCUT2D eigenvalue weighted by Crippen LogP contribution is -2.36. The Kier molecular flexibility index (Phi) is 3.45. The first-order chi connectivity index (χ1) is 7.83. The number of rotatable bonds is 3. The number of aliphatic carboxylic acids is 1. The van der Waals surface area contributed by atoms with E-state index in [2.05, 4.69) is 0 Å². The number of halogens is 6. The van der Waals surface area contributed by atoms with Crippen molar-refractivity contribution >= 4 is 17.6 Å². The van der Waals surface area contributed by atoms with Crippen molar-refractivity contribution in [1.82, 2.24) is 0 Å². The van der Waals surface area contributed by atoms with Gasteiger partial charge in [0.25, 0.3) is 0 Å². The van der Waals surface area contributed by atoms with Crippen LogP contribution in [0, 0.1) is 17.3 Å². The summed E-state index contributed by atoms with van der Waals surface area (Å²) in [6, 6.07) is 0. The fourth-order valence-electron chi connectivity index (χ4n) is 1.86. The van der Waals surface area contributed by atoms with Gasteiger partial charge in [-0.3, -0.25) is 4.79 Å². The maximum atomic E-state index is 12.8. The van der Waals surface area contributed by atoms with Gasteiger partial charge in [-0.15, -0.1) is 0 Å². The highest BCUT2D eigenvalue weighted by atomic mass is 35.5. The average molecular weight is 293 g/mol. The van der Waals surface area contributed by atoms with E-state index in [1.165, 1.54) is 13.8 Å². The lowest BCUT2D eigenvalue weighted by Gasteiger charge is -2.18. The summed E-state index contributed by atoms with van der Waals surface area (Å²) in [5, 5.41) is 7.07. The van der Waals surface area contributed by atoms with E-state index in [0.717, 1.165) is 0 Å². The van der Waals surface area contributed by atoms with Gasteiger partial charge in [0.05, 0.1) is 11.0 Å². The summed E-state index contributed by atoms with van der Waals surface area (Å²) in [6.45, 7) is 2.92. The van der Waals surface area contributed by atoms with Crippen LogP contribution in [0.25, 0.3) is 0 Å². The van der Waals surface area contributed by atoms with Gasteiger partial charge in [-0.05, 0) is 11.3 Å². The van der Waals surface area contributed by atoms with Gasteiger partial charge in [0.15, 0.2) is 0 Å². The van der Waals surface area contributed by atoms with Crippen molar-refractivity contribution in [2.75, 3.05) is 0 Å². The SMILES string of the molecule is CC1(C)C(C=C(Cl)C(F)(F)C(F)(F)F)C1C(=O)O. The number of carboxylic acids is 1. The Morgan fingerprint density at radius 3 is 2.00 bits per heavy atom. The average Bonchev–Trinajstić information content (AvgIpc) is 2.65. The third kappa shape index (κ3) is 2.32. The van der Waals surface area contributed by atoms with E-state index in [-0.39, 0.29) is 0 Å². The fourth-order valence-corrected chi connectivity index (χ4v) is 2.10. The normalized spacial score (nSPS) is 28.1. The van der Waals surface area contributed by atoms with Gasteiger partial charge < -0.3 is 5.11 Å². The van der Waals surface area contributed by atoms with Crippen LogP contribution in [-0.4, -0.2) is 23.2 Å². The molecule has 0 saturated heterocycles. The van der Waals surface area contributed by atoms with E-state index < -0.39 is 40.4 Å². The molecule has 0 aromatic rings. The molecule has 1 aliphatic rings. The quantitative estimate of drug-likeness (QED) is 0.806. The van der Waals surface area contributed by atoms with E-state index in [4.69, 9.17) is 16.7 Å². The highest BCUT2D eigenvalue weighted by Crippen LogP contribution is 2.60. The fraction of sp³-hybridized carbons (Fsp3) is 0.700. The van der Waals surface area contributed by atoms with Crippen molar-refractivity contribution in [2.45, 2.75) is 25.9 Å². The van der Waals surface area contributed by atoms with Crippen LogP contribution in [0.15, 0.2) is 11.1 Å². The molecule has 1 aliphatic carbocycles. The van der Waals surface area contributed by atoms with Gasteiger partial charge in [0.2, 0.25) is 0 Å². The molecule has 1 rings (SSSR count). The summed E-state index contributed by atoms with van der Waals surface area (Å²) in [7, 11) is 0. The van der Waals surface area contributed by atoms with Crippen molar-refractivity contribution in [2.24, 2.45) is 17.3 Å². The molecule has 0 radical (unpaired) electrons. The summed E-state index contributed by atoms with van der Waals surface area (Å²) in [4.78, 5) is 10.7. The molecule has 0 aromatic carbocycles. The van der Waals surface area contributed by atoms with Crippen LogP contribution >= 0.6 is 11.6 Å². The Bertz CT molecular complexity index is 400. The van der Waals surface area contributed by atoms with Gasteiger partial charge in [0.1, 0.15) is 0 Å². The lowest BCUT2D eigenvalue weighted by atomic mass is 10.1. The topological polar surface area (TPSA) is 37.3 Å². The molecule has 0 spiro atoms. The summed E-state index contributed by atoms with van der Waals surface area (Å²) in [6.07, 6.45) is -5.30. The summed E-state index contributed by atoms with van der Waals surface area (Å²) >= 11 is 4.99.